The molecule has 1 aromatic heterocycles. The maximum absolute atomic E-state index is 14.2. The first-order valence-corrected chi connectivity index (χ1v) is 12.3. The molecular weight excluding hydrogens is 498 g/mol. The number of aromatic nitrogens is 1. The first kappa shape index (κ1) is 24.9. The molecule has 6 nitrogen and oxygen atoms in total. The van der Waals surface area contributed by atoms with Crippen LogP contribution in [0.5, 0.6) is 0 Å². The number of carbonyl (C=O) groups is 1. The van der Waals surface area contributed by atoms with Gasteiger partial charge in [0.05, 0.1) is 0 Å². The second kappa shape index (κ2) is 9.27. The van der Waals surface area contributed by atoms with Gasteiger partial charge in [0.2, 0.25) is 5.95 Å². The molecular formula is C28H27ClF2N4O2. The third-order valence-electron chi connectivity index (χ3n) is 6.04. The van der Waals surface area contributed by atoms with E-state index >= 15 is 0 Å². The topological polar surface area (TPSA) is 69.2 Å². The fourth-order valence-electron chi connectivity index (χ4n) is 4.24. The van der Waals surface area contributed by atoms with Crippen molar-refractivity contribution in [3.63, 3.8) is 0 Å². The van der Waals surface area contributed by atoms with Crippen molar-refractivity contribution in [3.8, 4) is 0 Å². The number of nitrogens with one attached hydrogen (secondary N) is 3. The van der Waals surface area contributed by atoms with Crippen molar-refractivity contribution in [2.24, 2.45) is 0 Å². The Morgan fingerprint density at radius 2 is 1.84 bits per heavy atom. The van der Waals surface area contributed by atoms with E-state index in [-0.39, 0.29) is 11.6 Å². The molecule has 192 valence electrons. The van der Waals surface area contributed by atoms with Crippen LogP contribution in [0.1, 0.15) is 31.9 Å². The number of aryl methyl sites for hydroxylation is 1. The summed E-state index contributed by atoms with van der Waals surface area (Å²) < 4.78 is 33.5. The summed E-state index contributed by atoms with van der Waals surface area (Å²) in [5.74, 6) is -0.821. The fraction of sp³-hybridized carbons (Fsp3) is 0.250. The Labute approximate surface area is 218 Å². The molecule has 1 amide bonds. The summed E-state index contributed by atoms with van der Waals surface area (Å²) >= 11 is 6.27. The summed E-state index contributed by atoms with van der Waals surface area (Å²) in [4.78, 5) is 16.5. The fourth-order valence-corrected chi connectivity index (χ4v) is 4.41. The molecule has 1 aliphatic rings. The zero-order valence-corrected chi connectivity index (χ0v) is 21.7. The number of hydrogen-bond donors (Lipinski definition) is 3. The standard InChI is InChI=1S/C28H27ClF2N4O2/c1-15-5-7-18(14-22(15)30)33-19-11-16(24-21(13-19)20-12-17(29)6-8-23(20)34-24)9-10-32-26-25(31)35(26)27(36)37-28(2,3)4/h5-8,11-14,32-34H,9-10H2,1-4H3. The van der Waals surface area contributed by atoms with Crippen molar-refractivity contribution in [1.82, 2.24) is 15.2 Å². The Kier molecular flexibility index (Phi) is 6.23. The molecule has 0 atom stereocenters. The van der Waals surface area contributed by atoms with Crippen LogP contribution in [-0.2, 0) is 11.2 Å². The largest absolute Gasteiger partial charge is 0.443 e. The van der Waals surface area contributed by atoms with E-state index in [0.717, 1.165) is 38.0 Å². The number of amides is 1. The van der Waals surface area contributed by atoms with Gasteiger partial charge in [-0.15, -0.1) is 0 Å². The van der Waals surface area contributed by atoms with E-state index in [4.69, 9.17) is 16.3 Å². The summed E-state index contributed by atoms with van der Waals surface area (Å²) in [5.41, 5.74) is 4.07. The minimum absolute atomic E-state index is 0.110. The van der Waals surface area contributed by atoms with Crippen LogP contribution in [0.4, 0.5) is 25.0 Å². The molecule has 0 spiro atoms. The molecule has 0 fully saturated rings. The van der Waals surface area contributed by atoms with Crippen molar-refractivity contribution < 1.29 is 18.3 Å². The highest BCUT2D eigenvalue weighted by molar-refractivity contribution is 6.31. The van der Waals surface area contributed by atoms with Gasteiger partial charge >= 0.3 is 6.09 Å². The van der Waals surface area contributed by atoms with Crippen LogP contribution in [0, 0.1) is 12.7 Å². The Balaban J connectivity index is 1.40. The number of aromatic amines is 1. The molecule has 0 radical (unpaired) electrons. The van der Waals surface area contributed by atoms with Crippen LogP contribution in [0.25, 0.3) is 21.8 Å². The molecule has 2 heterocycles. The number of ether oxygens (including phenoxy) is 1. The molecule has 3 aromatic carbocycles. The highest BCUT2D eigenvalue weighted by Gasteiger charge is 2.43. The molecule has 1 aliphatic heterocycles. The third-order valence-corrected chi connectivity index (χ3v) is 6.28. The number of H-pyrrole nitrogens is 1. The lowest BCUT2D eigenvalue weighted by Crippen LogP contribution is -2.30. The highest BCUT2D eigenvalue weighted by atomic mass is 35.5. The summed E-state index contributed by atoms with van der Waals surface area (Å²) in [6, 6.07) is 14.6. The van der Waals surface area contributed by atoms with E-state index in [1.165, 1.54) is 6.07 Å². The predicted molar refractivity (Wildman–Crippen MR) is 143 cm³/mol. The van der Waals surface area contributed by atoms with Gasteiger partial charge in [-0.1, -0.05) is 17.7 Å². The van der Waals surface area contributed by atoms with E-state index < -0.39 is 17.6 Å². The lowest BCUT2D eigenvalue weighted by molar-refractivity contribution is 0.0407. The minimum Gasteiger partial charge on any atom is -0.443 e. The van der Waals surface area contributed by atoms with Crippen LogP contribution < -0.4 is 10.6 Å². The van der Waals surface area contributed by atoms with Crippen molar-refractivity contribution in [2.45, 2.75) is 39.7 Å². The van der Waals surface area contributed by atoms with Gasteiger partial charge in [-0.2, -0.15) is 9.29 Å². The van der Waals surface area contributed by atoms with E-state index in [0.29, 0.717) is 29.2 Å². The van der Waals surface area contributed by atoms with Gasteiger partial charge in [0, 0.05) is 44.7 Å². The van der Waals surface area contributed by atoms with Crippen molar-refractivity contribution in [1.29, 1.82) is 0 Å². The quantitative estimate of drug-likeness (QED) is 0.227. The number of nitrogens with zero attached hydrogens (tertiary/aromatic N) is 1. The Morgan fingerprint density at radius 3 is 2.57 bits per heavy atom. The smallest absolute Gasteiger partial charge is 0.422 e. The van der Waals surface area contributed by atoms with E-state index in [2.05, 4.69) is 15.6 Å². The molecule has 9 heteroatoms. The van der Waals surface area contributed by atoms with Gasteiger partial charge in [-0.3, -0.25) is 0 Å². The van der Waals surface area contributed by atoms with E-state index in [1.807, 2.05) is 36.4 Å². The molecule has 0 saturated heterocycles. The van der Waals surface area contributed by atoms with Gasteiger partial charge in [0.25, 0.3) is 0 Å². The highest BCUT2D eigenvalue weighted by Crippen LogP contribution is 2.35. The number of rotatable bonds is 6. The molecule has 37 heavy (non-hydrogen) atoms. The summed E-state index contributed by atoms with van der Waals surface area (Å²) in [7, 11) is 0. The summed E-state index contributed by atoms with van der Waals surface area (Å²) in [6.07, 6.45) is -0.229. The molecule has 0 saturated carbocycles. The van der Waals surface area contributed by atoms with E-state index in [1.54, 1.807) is 33.8 Å². The van der Waals surface area contributed by atoms with Crippen molar-refractivity contribution >= 4 is 50.9 Å². The third kappa shape index (κ3) is 5.20. The molecule has 3 N–H and O–H groups in total. The molecule has 4 aromatic rings. The second-order valence-corrected chi connectivity index (χ2v) is 10.5. The Bertz CT molecular complexity index is 1570. The number of anilines is 2. The number of hydrogen-bond acceptors (Lipinski definition) is 4. The zero-order chi connectivity index (χ0) is 26.5. The average Bonchev–Trinajstić information content (AvgIpc) is 3.31. The SMILES string of the molecule is Cc1ccc(Nc2cc(CCNC3=C(F)N3C(=O)OC(C)(C)C)c3[nH]c4ccc(Cl)cc4c3c2)cc1F. The average molecular weight is 525 g/mol. The van der Waals surface area contributed by atoms with Gasteiger partial charge in [0.15, 0.2) is 5.82 Å². The number of benzene rings is 3. The maximum atomic E-state index is 14.2. The van der Waals surface area contributed by atoms with Crippen LogP contribution in [0.3, 0.4) is 0 Å². The van der Waals surface area contributed by atoms with Crippen LogP contribution >= 0.6 is 11.6 Å². The summed E-state index contributed by atoms with van der Waals surface area (Å²) in [5, 5.41) is 8.81. The molecule has 5 rings (SSSR count). The Hall–Kier alpha value is -3.78. The van der Waals surface area contributed by atoms with E-state index in [9.17, 15) is 13.6 Å². The number of carbonyl (C=O) groups excluding carboxylic acids is 1. The lowest BCUT2D eigenvalue weighted by Gasteiger charge is -2.19. The van der Waals surface area contributed by atoms with Gasteiger partial charge < -0.3 is 20.4 Å². The molecule has 0 bridgehead atoms. The van der Waals surface area contributed by atoms with Gasteiger partial charge in [-0.05, 0) is 87.7 Å². The van der Waals surface area contributed by atoms with Crippen LogP contribution in [0.15, 0.2) is 60.3 Å². The first-order valence-electron chi connectivity index (χ1n) is 11.9. The zero-order valence-electron chi connectivity index (χ0n) is 20.9. The first-order chi connectivity index (χ1) is 17.5. The maximum Gasteiger partial charge on any atom is 0.422 e. The molecule has 0 aliphatic carbocycles. The van der Waals surface area contributed by atoms with Crippen LogP contribution in [-0.4, -0.2) is 28.1 Å². The number of fused-ring (bicyclic) bond motifs is 3. The van der Waals surface area contributed by atoms with Gasteiger partial charge in [-0.25, -0.2) is 9.18 Å². The van der Waals surface area contributed by atoms with Crippen molar-refractivity contribution in [3.05, 3.63) is 82.3 Å². The van der Waals surface area contributed by atoms with Crippen molar-refractivity contribution in [2.75, 3.05) is 11.9 Å². The van der Waals surface area contributed by atoms with Gasteiger partial charge in [0.1, 0.15) is 11.4 Å². The number of halogens is 3. The minimum atomic E-state index is -0.751. The Morgan fingerprint density at radius 1 is 1.05 bits per heavy atom. The summed E-state index contributed by atoms with van der Waals surface area (Å²) in [6.45, 7) is 7.27. The lowest BCUT2D eigenvalue weighted by atomic mass is 10.0. The van der Waals surface area contributed by atoms with Crippen LogP contribution in [0.2, 0.25) is 5.02 Å². The predicted octanol–water partition coefficient (Wildman–Crippen LogP) is 7.64. The second-order valence-electron chi connectivity index (χ2n) is 10.1. The normalized spacial score (nSPS) is 13.4. The molecule has 0 unspecified atom stereocenters. The monoisotopic (exact) mass is 524 g/mol.